The van der Waals surface area contributed by atoms with Crippen LogP contribution in [0.2, 0.25) is 0 Å². The van der Waals surface area contributed by atoms with Crippen molar-refractivity contribution in [1.29, 1.82) is 0 Å². The number of esters is 1. The average molecular weight is 478 g/mol. The zero-order chi connectivity index (χ0) is 24.7. The maximum absolute atomic E-state index is 13.8. The van der Waals surface area contributed by atoms with Crippen molar-refractivity contribution in [3.8, 4) is 0 Å². The standard InChI is InChI=1S/C13H11F13O4/c1-3-30-7(29)5(4(2)27)6(28)8(14,15)9(16,17)10(18,19)11(20,21)12(22,23)13(24,25)26/h5-6,28H,3H2,1-2H3. The van der Waals surface area contributed by atoms with Crippen LogP contribution in [-0.4, -0.2) is 65.4 Å². The SMILES string of the molecule is CCOC(=O)C(C(C)=O)C(O)C(F)(F)C(F)(F)C(F)(F)C(F)(F)C(F)(F)C(F)(F)F. The Morgan fingerprint density at radius 3 is 1.43 bits per heavy atom. The highest BCUT2D eigenvalue weighted by molar-refractivity contribution is 5.98. The second-order valence-corrected chi connectivity index (χ2v) is 5.70. The number of hydrogen-bond acceptors (Lipinski definition) is 4. The summed E-state index contributed by atoms with van der Waals surface area (Å²) in [6.07, 6.45) is -12.2. The molecule has 0 saturated carbocycles. The van der Waals surface area contributed by atoms with Gasteiger partial charge >= 0.3 is 41.8 Å². The van der Waals surface area contributed by atoms with Gasteiger partial charge in [-0.2, -0.15) is 57.1 Å². The Labute approximate surface area is 158 Å². The molecule has 0 bridgehead atoms. The van der Waals surface area contributed by atoms with Gasteiger partial charge in [0.05, 0.1) is 6.61 Å². The Bertz CT molecular complexity index is 656. The van der Waals surface area contributed by atoms with Crippen molar-refractivity contribution in [1.82, 2.24) is 0 Å². The number of alkyl halides is 13. The number of carbonyl (C=O) groups is 2. The Morgan fingerprint density at radius 1 is 0.767 bits per heavy atom. The van der Waals surface area contributed by atoms with Gasteiger partial charge in [-0.05, 0) is 13.8 Å². The fourth-order valence-corrected chi connectivity index (χ4v) is 1.93. The fraction of sp³-hybridized carbons (Fsp3) is 0.846. The summed E-state index contributed by atoms with van der Waals surface area (Å²) in [6.45, 7) is 0.384. The van der Waals surface area contributed by atoms with E-state index in [1.165, 1.54) is 0 Å². The van der Waals surface area contributed by atoms with E-state index in [1.807, 2.05) is 0 Å². The molecule has 0 amide bonds. The van der Waals surface area contributed by atoms with Crippen LogP contribution in [0.1, 0.15) is 13.8 Å². The Morgan fingerprint density at radius 2 is 1.13 bits per heavy atom. The number of Topliss-reactive ketones (excluding diaryl/α,β-unsaturated/α-hetero) is 1. The minimum absolute atomic E-state index is 0.170. The van der Waals surface area contributed by atoms with Crippen LogP contribution in [0.3, 0.4) is 0 Å². The van der Waals surface area contributed by atoms with Gasteiger partial charge in [-0.1, -0.05) is 0 Å². The van der Waals surface area contributed by atoms with Crippen LogP contribution in [0.15, 0.2) is 0 Å². The molecule has 0 aromatic heterocycles. The first-order valence-corrected chi connectivity index (χ1v) is 7.27. The predicted molar refractivity (Wildman–Crippen MR) is 67.6 cm³/mol. The van der Waals surface area contributed by atoms with Gasteiger partial charge in [0.15, 0.2) is 0 Å². The molecule has 1 N–H and O–H groups in total. The molecular weight excluding hydrogens is 467 g/mol. The summed E-state index contributed by atoms with van der Waals surface area (Å²) in [5.74, 6) is -46.7. The highest BCUT2D eigenvalue weighted by Crippen LogP contribution is 2.61. The lowest BCUT2D eigenvalue weighted by Gasteiger charge is -2.41. The number of halogens is 13. The van der Waals surface area contributed by atoms with Crippen molar-refractivity contribution in [2.45, 2.75) is 55.7 Å². The highest BCUT2D eigenvalue weighted by atomic mass is 19.4. The van der Waals surface area contributed by atoms with E-state index in [2.05, 4.69) is 4.74 Å². The Kier molecular flexibility index (Phi) is 7.55. The van der Waals surface area contributed by atoms with Crippen LogP contribution in [0.25, 0.3) is 0 Å². The maximum atomic E-state index is 13.8. The van der Waals surface area contributed by atoms with E-state index in [4.69, 9.17) is 0 Å². The summed E-state index contributed by atoms with van der Waals surface area (Å²) in [5.41, 5.74) is 0. The van der Waals surface area contributed by atoms with Crippen molar-refractivity contribution in [3.63, 3.8) is 0 Å². The maximum Gasteiger partial charge on any atom is 0.460 e. The van der Waals surface area contributed by atoms with Gasteiger partial charge in [0.25, 0.3) is 0 Å². The van der Waals surface area contributed by atoms with Crippen molar-refractivity contribution in [3.05, 3.63) is 0 Å². The Hall–Kier alpha value is -1.81. The zero-order valence-electron chi connectivity index (χ0n) is 14.4. The first-order chi connectivity index (χ1) is 13.0. The lowest BCUT2D eigenvalue weighted by atomic mass is 9.85. The number of rotatable bonds is 9. The monoisotopic (exact) mass is 478 g/mol. The van der Waals surface area contributed by atoms with E-state index in [9.17, 15) is 71.8 Å². The zero-order valence-corrected chi connectivity index (χ0v) is 14.4. The molecule has 0 rings (SSSR count). The summed E-state index contributed by atoms with van der Waals surface area (Å²) in [7, 11) is 0. The van der Waals surface area contributed by atoms with E-state index in [1.54, 1.807) is 0 Å². The number of aliphatic hydroxyl groups is 1. The molecule has 0 saturated heterocycles. The average Bonchev–Trinajstić information content (AvgIpc) is 2.52. The summed E-state index contributed by atoms with van der Waals surface area (Å²) >= 11 is 0. The molecule has 0 fully saturated rings. The second kappa shape index (κ2) is 8.03. The molecule has 17 heteroatoms. The van der Waals surface area contributed by atoms with Crippen molar-refractivity contribution < 1.29 is 76.5 Å². The topological polar surface area (TPSA) is 63.6 Å². The molecule has 0 aromatic carbocycles. The van der Waals surface area contributed by atoms with Crippen LogP contribution in [0.5, 0.6) is 0 Å². The lowest BCUT2D eigenvalue weighted by molar-refractivity contribution is -0.444. The van der Waals surface area contributed by atoms with Crippen LogP contribution >= 0.6 is 0 Å². The number of aliphatic hydroxyl groups excluding tert-OH is 1. The van der Waals surface area contributed by atoms with E-state index < -0.39 is 66.2 Å². The lowest BCUT2D eigenvalue weighted by Crippen LogP contribution is -2.72. The third-order valence-electron chi connectivity index (χ3n) is 3.62. The highest BCUT2D eigenvalue weighted by Gasteiger charge is 2.91. The summed E-state index contributed by atoms with van der Waals surface area (Å²) in [6, 6.07) is 0. The first kappa shape index (κ1) is 28.2. The molecule has 0 aliphatic carbocycles. The van der Waals surface area contributed by atoms with Crippen LogP contribution < -0.4 is 0 Å². The smallest absolute Gasteiger partial charge is 0.460 e. The second-order valence-electron chi connectivity index (χ2n) is 5.70. The van der Waals surface area contributed by atoms with E-state index >= 15 is 0 Å². The molecule has 2 unspecified atom stereocenters. The molecule has 2 atom stereocenters. The van der Waals surface area contributed by atoms with Crippen molar-refractivity contribution in [2.75, 3.05) is 6.61 Å². The summed E-state index contributed by atoms with van der Waals surface area (Å²) < 4.78 is 173. The normalized spacial score (nSPS) is 16.8. The number of carbonyl (C=O) groups excluding carboxylic acids is 2. The van der Waals surface area contributed by atoms with Gasteiger partial charge < -0.3 is 9.84 Å². The van der Waals surface area contributed by atoms with Gasteiger partial charge in [-0.3, -0.25) is 9.59 Å². The number of hydrogen-bond donors (Lipinski definition) is 1. The minimum atomic E-state index is -8.17. The summed E-state index contributed by atoms with van der Waals surface area (Å²) in [5, 5.41) is 9.19. The predicted octanol–water partition coefficient (Wildman–Crippen LogP) is 3.85. The van der Waals surface area contributed by atoms with Gasteiger partial charge in [0.1, 0.15) is 17.8 Å². The molecular formula is C13H11F13O4. The fourth-order valence-electron chi connectivity index (χ4n) is 1.93. The number of ketones is 1. The number of ether oxygens (including phenoxy) is 1. The van der Waals surface area contributed by atoms with Crippen molar-refractivity contribution in [2.24, 2.45) is 5.92 Å². The molecule has 30 heavy (non-hydrogen) atoms. The van der Waals surface area contributed by atoms with Crippen LogP contribution in [0, 0.1) is 5.92 Å². The summed E-state index contributed by atoms with van der Waals surface area (Å²) in [4.78, 5) is 22.5. The van der Waals surface area contributed by atoms with Gasteiger partial charge in [-0.15, -0.1) is 0 Å². The van der Waals surface area contributed by atoms with E-state index in [-0.39, 0.29) is 6.92 Å². The van der Waals surface area contributed by atoms with E-state index in [0.29, 0.717) is 0 Å². The third kappa shape index (κ3) is 4.03. The molecule has 4 nitrogen and oxygen atoms in total. The Balaban J connectivity index is 6.54. The molecule has 0 aliphatic rings. The van der Waals surface area contributed by atoms with Crippen LogP contribution in [-0.2, 0) is 14.3 Å². The van der Waals surface area contributed by atoms with Gasteiger partial charge in [0.2, 0.25) is 0 Å². The molecule has 0 aromatic rings. The van der Waals surface area contributed by atoms with E-state index in [0.717, 1.165) is 6.92 Å². The van der Waals surface area contributed by atoms with Gasteiger partial charge in [0, 0.05) is 0 Å². The molecule has 0 radical (unpaired) electrons. The van der Waals surface area contributed by atoms with Crippen molar-refractivity contribution >= 4 is 11.8 Å². The molecule has 0 heterocycles. The molecule has 178 valence electrons. The third-order valence-corrected chi connectivity index (χ3v) is 3.62. The molecule has 0 spiro atoms. The molecule has 0 aliphatic heterocycles. The first-order valence-electron chi connectivity index (χ1n) is 7.27. The largest absolute Gasteiger partial charge is 0.465 e. The van der Waals surface area contributed by atoms with Gasteiger partial charge in [-0.25, -0.2) is 0 Å². The minimum Gasteiger partial charge on any atom is -0.465 e. The van der Waals surface area contributed by atoms with Crippen LogP contribution in [0.4, 0.5) is 57.1 Å². The quantitative estimate of drug-likeness (QED) is 0.311.